The van der Waals surface area contributed by atoms with Gasteiger partial charge in [-0.3, -0.25) is 4.98 Å². The lowest BCUT2D eigenvalue weighted by molar-refractivity contribution is 1.24. The summed E-state index contributed by atoms with van der Waals surface area (Å²) in [7, 11) is 0. The first-order valence-corrected chi connectivity index (χ1v) is 5.10. The van der Waals surface area contributed by atoms with Crippen LogP contribution in [-0.2, 0) is 0 Å². The molecule has 0 fully saturated rings. The molecule has 2 heteroatoms. The van der Waals surface area contributed by atoms with Crippen molar-refractivity contribution < 1.29 is 0 Å². The van der Waals surface area contributed by atoms with Crippen molar-refractivity contribution in [3.05, 3.63) is 36.2 Å². The zero-order valence-corrected chi connectivity index (χ0v) is 8.71. The Morgan fingerprint density at radius 3 is 3.08 bits per heavy atom. The highest BCUT2D eigenvalue weighted by Gasteiger charge is 1.92. The van der Waals surface area contributed by atoms with Gasteiger partial charge in [0.2, 0.25) is 0 Å². The number of halogens is 1. The van der Waals surface area contributed by atoms with Crippen LogP contribution in [0.15, 0.2) is 30.6 Å². The molecular formula is C10H12BrN. The molecule has 0 unspecified atom stereocenters. The summed E-state index contributed by atoms with van der Waals surface area (Å²) >= 11 is 3.39. The first-order valence-electron chi connectivity index (χ1n) is 3.97. The second-order valence-electron chi connectivity index (χ2n) is 2.61. The number of aromatic nitrogens is 1. The molecule has 0 saturated heterocycles. The minimum absolute atomic E-state index is 1.02. The molecule has 64 valence electrons. The number of nitrogens with zero attached hydrogens (tertiary/aromatic N) is 1. The number of alkyl halides is 1. The van der Waals surface area contributed by atoms with Crippen LogP contribution in [0, 0.1) is 0 Å². The van der Waals surface area contributed by atoms with Gasteiger partial charge in [-0.2, -0.15) is 0 Å². The molecule has 0 saturated carbocycles. The minimum atomic E-state index is 1.02. The number of allylic oxidation sites excluding steroid dienone is 2. The molecule has 0 radical (unpaired) electrons. The topological polar surface area (TPSA) is 12.9 Å². The Labute approximate surface area is 81.7 Å². The van der Waals surface area contributed by atoms with Crippen LogP contribution in [0.3, 0.4) is 0 Å². The Morgan fingerprint density at radius 1 is 1.67 bits per heavy atom. The smallest absolute Gasteiger partial charge is 0.0342 e. The van der Waals surface area contributed by atoms with Crippen molar-refractivity contribution >= 4 is 21.5 Å². The summed E-state index contributed by atoms with van der Waals surface area (Å²) in [4.78, 5) is 4.06. The zero-order chi connectivity index (χ0) is 8.81. The predicted octanol–water partition coefficient (Wildman–Crippen LogP) is 3.27. The summed E-state index contributed by atoms with van der Waals surface area (Å²) in [6, 6.07) is 4.04. The van der Waals surface area contributed by atoms with Crippen LogP contribution in [0.25, 0.3) is 5.57 Å². The fourth-order valence-electron chi connectivity index (χ4n) is 0.985. The van der Waals surface area contributed by atoms with Gasteiger partial charge in [0.15, 0.2) is 0 Å². The third-order valence-electron chi connectivity index (χ3n) is 1.68. The van der Waals surface area contributed by atoms with E-state index in [4.69, 9.17) is 0 Å². The fourth-order valence-corrected chi connectivity index (χ4v) is 1.21. The van der Waals surface area contributed by atoms with Crippen LogP contribution in [-0.4, -0.2) is 10.3 Å². The van der Waals surface area contributed by atoms with E-state index < -0.39 is 0 Å². The maximum atomic E-state index is 4.06. The molecule has 1 aromatic rings. The number of hydrogen-bond donors (Lipinski definition) is 0. The Kier molecular flexibility index (Phi) is 4.01. The monoisotopic (exact) mass is 225 g/mol. The summed E-state index contributed by atoms with van der Waals surface area (Å²) in [5.41, 5.74) is 2.50. The minimum Gasteiger partial charge on any atom is -0.264 e. The Balaban J connectivity index is 2.71. The summed E-state index contributed by atoms with van der Waals surface area (Å²) in [6.07, 6.45) is 6.97. The van der Waals surface area contributed by atoms with Gasteiger partial charge in [-0.1, -0.05) is 28.1 Å². The molecule has 1 nitrogen and oxygen atoms in total. The molecule has 0 spiro atoms. The average Bonchev–Trinajstić information content (AvgIpc) is 2.15. The van der Waals surface area contributed by atoms with Gasteiger partial charge in [-0.05, 0) is 30.5 Å². The lowest BCUT2D eigenvalue weighted by Crippen LogP contribution is -1.80. The zero-order valence-electron chi connectivity index (χ0n) is 7.13. The first kappa shape index (κ1) is 9.46. The van der Waals surface area contributed by atoms with Crippen LogP contribution in [0.1, 0.15) is 18.9 Å². The Morgan fingerprint density at radius 2 is 2.50 bits per heavy atom. The SMILES string of the molecule is CC(=CCCBr)c1cccnc1. The van der Waals surface area contributed by atoms with Gasteiger partial charge in [-0.15, -0.1) is 0 Å². The molecular weight excluding hydrogens is 214 g/mol. The molecule has 1 heterocycles. The largest absolute Gasteiger partial charge is 0.264 e. The summed E-state index contributed by atoms with van der Waals surface area (Å²) < 4.78 is 0. The molecule has 0 aromatic carbocycles. The third kappa shape index (κ3) is 2.78. The summed E-state index contributed by atoms with van der Waals surface area (Å²) in [5.74, 6) is 0. The van der Waals surface area contributed by atoms with Gasteiger partial charge in [0.1, 0.15) is 0 Å². The van der Waals surface area contributed by atoms with Crippen molar-refractivity contribution in [1.29, 1.82) is 0 Å². The molecule has 0 aliphatic heterocycles. The van der Waals surface area contributed by atoms with E-state index in [2.05, 4.69) is 40.0 Å². The quantitative estimate of drug-likeness (QED) is 0.721. The molecule has 0 amide bonds. The number of rotatable bonds is 3. The number of pyridine rings is 1. The first-order chi connectivity index (χ1) is 5.84. The van der Waals surface area contributed by atoms with Gasteiger partial charge in [0, 0.05) is 17.7 Å². The van der Waals surface area contributed by atoms with Crippen molar-refractivity contribution in [2.24, 2.45) is 0 Å². The molecule has 0 atom stereocenters. The van der Waals surface area contributed by atoms with E-state index in [0.717, 1.165) is 11.8 Å². The lowest BCUT2D eigenvalue weighted by Gasteiger charge is -1.98. The van der Waals surface area contributed by atoms with E-state index in [1.165, 1.54) is 11.1 Å². The van der Waals surface area contributed by atoms with E-state index in [0.29, 0.717) is 0 Å². The predicted molar refractivity (Wildman–Crippen MR) is 56.3 cm³/mol. The van der Waals surface area contributed by atoms with E-state index in [1.807, 2.05) is 12.3 Å². The van der Waals surface area contributed by atoms with Crippen molar-refractivity contribution in [3.8, 4) is 0 Å². The average molecular weight is 226 g/mol. The third-order valence-corrected chi connectivity index (χ3v) is 2.13. The van der Waals surface area contributed by atoms with E-state index in [9.17, 15) is 0 Å². The Hall–Kier alpha value is -0.630. The van der Waals surface area contributed by atoms with Gasteiger partial charge in [0.25, 0.3) is 0 Å². The van der Waals surface area contributed by atoms with E-state index in [1.54, 1.807) is 6.20 Å². The highest BCUT2D eigenvalue weighted by molar-refractivity contribution is 9.09. The highest BCUT2D eigenvalue weighted by Crippen LogP contribution is 2.12. The molecule has 1 aromatic heterocycles. The van der Waals surface area contributed by atoms with E-state index >= 15 is 0 Å². The highest BCUT2D eigenvalue weighted by atomic mass is 79.9. The van der Waals surface area contributed by atoms with Crippen LogP contribution < -0.4 is 0 Å². The maximum Gasteiger partial charge on any atom is 0.0342 e. The van der Waals surface area contributed by atoms with Crippen molar-refractivity contribution in [3.63, 3.8) is 0 Å². The summed E-state index contributed by atoms with van der Waals surface area (Å²) in [6.45, 7) is 2.11. The molecule has 0 aliphatic rings. The van der Waals surface area contributed by atoms with Gasteiger partial charge >= 0.3 is 0 Å². The lowest BCUT2D eigenvalue weighted by atomic mass is 10.1. The maximum absolute atomic E-state index is 4.06. The van der Waals surface area contributed by atoms with Crippen molar-refractivity contribution in [1.82, 2.24) is 4.98 Å². The van der Waals surface area contributed by atoms with Gasteiger partial charge in [-0.25, -0.2) is 0 Å². The normalized spacial score (nSPS) is 11.7. The number of hydrogen-bond acceptors (Lipinski definition) is 1. The van der Waals surface area contributed by atoms with Crippen LogP contribution in [0.5, 0.6) is 0 Å². The van der Waals surface area contributed by atoms with E-state index in [-0.39, 0.29) is 0 Å². The Bertz CT molecular complexity index is 254. The van der Waals surface area contributed by atoms with Crippen LogP contribution in [0.2, 0.25) is 0 Å². The standard InChI is InChI=1S/C10H12BrN/c1-9(4-2-6-11)10-5-3-7-12-8-10/h3-5,7-8H,2,6H2,1H3. The fraction of sp³-hybridized carbons (Fsp3) is 0.300. The molecule has 0 aliphatic carbocycles. The van der Waals surface area contributed by atoms with Crippen LogP contribution in [0.4, 0.5) is 0 Å². The molecule has 0 N–H and O–H groups in total. The van der Waals surface area contributed by atoms with Gasteiger partial charge < -0.3 is 0 Å². The second kappa shape index (κ2) is 5.09. The van der Waals surface area contributed by atoms with Crippen LogP contribution >= 0.6 is 15.9 Å². The van der Waals surface area contributed by atoms with Crippen molar-refractivity contribution in [2.45, 2.75) is 13.3 Å². The van der Waals surface area contributed by atoms with Gasteiger partial charge in [0.05, 0.1) is 0 Å². The molecule has 1 rings (SSSR count). The van der Waals surface area contributed by atoms with Crippen molar-refractivity contribution in [2.75, 3.05) is 5.33 Å². The summed E-state index contributed by atoms with van der Waals surface area (Å²) in [5, 5.41) is 1.02. The molecule has 0 bridgehead atoms. The second-order valence-corrected chi connectivity index (χ2v) is 3.40. The molecule has 12 heavy (non-hydrogen) atoms.